The summed E-state index contributed by atoms with van der Waals surface area (Å²) in [6.07, 6.45) is 2.06. The zero-order valence-electron chi connectivity index (χ0n) is 14.4. The van der Waals surface area contributed by atoms with Crippen LogP contribution in [-0.2, 0) is 26.1 Å². The van der Waals surface area contributed by atoms with Crippen molar-refractivity contribution in [3.8, 4) is 0 Å². The van der Waals surface area contributed by atoms with Gasteiger partial charge >= 0.3 is 0 Å². The summed E-state index contributed by atoms with van der Waals surface area (Å²) >= 11 is 5.82. The molecule has 1 amide bonds. The van der Waals surface area contributed by atoms with Crippen LogP contribution in [-0.4, -0.2) is 50.0 Å². The van der Waals surface area contributed by atoms with Gasteiger partial charge in [0.25, 0.3) is 0 Å². The fraction of sp³-hybridized carbons (Fsp3) is 0.471. The first kappa shape index (κ1) is 20.9. The third-order valence-corrected chi connectivity index (χ3v) is 5.59. The third-order valence-electron chi connectivity index (χ3n) is 3.95. The van der Waals surface area contributed by atoms with E-state index < -0.39 is 28.3 Å². The molecule has 1 heterocycles. The van der Waals surface area contributed by atoms with Crippen molar-refractivity contribution in [3.05, 3.63) is 47.0 Å². The summed E-state index contributed by atoms with van der Waals surface area (Å²) in [6.45, 7) is 1.54. The summed E-state index contributed by atoms with van der Waals surface area (Å²) in [7, 11) is -3.43. The van der Waals surface area contributed by atoms with Crippen molar-refractivity contribution in [2.75, 3.05) is 12.4 Å². The van der Waals surface area contributed by atoms with Gasteiger partial charge in [0, 0.05) is 11.6 Å². The lowest BCUT2D eigenvalue weighted by Gasteiger charge is -2.31. The molecular formula is C17H23ClN2O5S. The number of carbonyl (C=O) groups is 1. The number of amides is 1. The highest BCUT2D eigenvalue weighted by molar-refractivity contribution is 7.89. The zero-order chi connectivity index (χ0) is 19.2. The van der Waals surface area contributed by atoms with Crippen LogP contribution in [0.2, 0.25) is 5.02 Å². The summed E-state index contributed by atoms with van der Waals surface area (Å²) in [5.41, 5.74) is 0.921. The number of halogens is 1. The number of rotatable bonds is 8. The molecule has 0 saturated carbocycles. The van der Waals surface area contributed by atoms with Gasteiger partial charge in [-0.2, -0.15) is 0 Å². The van der Waals surface area contributed by atoms with Gasteiger partial charge in [-0.3, -0.25) is 4.79 Å². The van der Waals surface area contributed by atoms with E-state index >= 15 is 0 Å². The van der Waals surface area contributed by atoms with Crippen molar-refractivity contribution in [3.63, 3.8) is 0 Å². The largest absolute Gasteiger partial charge is 0.394 e. The standard InChI is InChI=1S/C17H23ClN2O5S/c1-2-26(23,24)20-15-8-7-14(25-16(15)11-21)9-17(22)19-10-12-3-5-13(18)6-4-12/h3-8,14-16,20-21H,2,9-11H2,1H3,(H,19,22)/t14-,15-,16+/m1/s1. The minimum absolute atomic E-state index is 0.0635. The Morgan fingerprint density at radius 2 is 1.96 bits per heavy atom. The molecule has 1 aliphatic heterocycles. The number of carbonyl (C=O) groups excluding carboxylic acids is 1. The molecule has 9 heteroatoms. The molecule has 3 N–H and O–H groups in total. The molecule has 26 heavy (non-hydrogen) atoms. The Hall–Kier alpha value is -1.45. The van der Waals surface area contributed by atoms with Crippen LogP contribution in [0.5, 0.6) is 0 Å². The average molecular weight is 403 g/mol. The van der Waals surface area contributed by atoms with Gasteiger partial charge in [0.05, 0.1) is 30.9 Å². The van der Waals surface area contributed by atoms with Gasteiger partial charge in [-0.15, -0.1) is 0 Å². The second-order valence-corrected chi connectivity index (χ2v) is 8.41. The third kappa shape index (κ3) is 6.37. The molecule has 0 aromatic heterocycles. The van der Waals surface area contributed by atoms with Crippen LogP contribution in [0.15, 0.2) is 36.4 Å². The van der Waals surface area contributed by atoms with Crippen molar-refractivity contribution >= 4 is 27.5 Å². The van der Waals surface area contributed by atoms with E-state index in [-0.39, 0.29) is 24.7 Å². The Balaban J connectivity index is 1.87. The van der Waals surface area contributed by atoms with Crippen molar-refractivity contribution in [2.45, 2.75) is 38.1 Å². The van der Waals surface area contributed by atoms with Gasteiger partial charge in [0.15, 0.2) is 0 Å². The molecule has 0 radical (unpaired) electrons. The number of ether oxygens (including phenoxy) is 1. The Bertz CT molecular complexity index is 736. The van der Waals surface area contributed by atoms with E-state index in [1.54, 1.807) is 24.3 Å². The average Bonchev–Trinajstić information content (AvgIpc) is 2.62. The fourth-order valence-corrected chi connectivity index (χ4v) is 3.40. The SMILES string of the molecule is CCS(=O)(=O)N[C@@H]1C=C[C@H](CC(=O)NCc2ccc(Cl)cc2)O[C@H]1CO. The molecule has 1 aliphatic rings. The van der Waals surface area contributed by atoms with Crippen molar-refractivity contribution in [1.29, 1.82) is 0 Å². The summed E-state index contributed by atoms with van der Waals surface area (Å²) in [5.74, 6) is -0.273. The lowest BCUT2D eigenvalue weighted by Crippen LogP contribution is -2.49. The van der Waals surface area contributed by atoms with Crippen LogP contribution in [0.1, 0.15) is 18.9 Å². The molecule has 7 nitrogen and oxygen atoms in total. The molecular weight excluding hydrogens is 380 g/mol. The zero-order valence-corrected chi connectivity index (χ0v) is 16.0. The van der Waals surface area contributed by atoms with Crippen molar-refractivity contribution < 1.29 is 23.1 Å². The topological polar surface area (TPSA) is 105 Å². The van der Waals surface area contributed by atoms with E-state index in [1.165, 1.54) is 6.92 Å². The van der Waals surface area contributed by atoms with E-state index in [0.717, 1.165) is 5.56 Å². The highest BCUT2D eigenvalue weighted by Crippen LogP contribution is 2.16. The molecule has 0 bridgehead atoms. The number of nitrogens with one attached hydrogen (secondary N) is 2. The van der Waals surface area contributed by atoms with Gasteiger partial charge in [-0.05, 0) is 24.6 Å². The Morgan fingerprint density at radius 1 is 1.27 bits per heavy atom. The maximum Gasteiger partial charge on any atom is 0.223 e. The van der Waals surface area contributed by atoms with Gasteiger partial charge in [0.2, 0.25) is 15.9 Å². The van der Waals surface area contributed by atoms with Crippen molar-refractivity contribution in [2.24, 2.45) is 0 Å². The van der Waals surface area contributed by atoms with E-state index in [9.17, 15) is 18.3 Å². The Morgan fingerprint density at radius 3 is 2.58 bits per heavy atom. The number of sulfonamides is 1. The quantitative estimate of drug-likeness (QED) is 0.562. The summed E-state index contributed by atoms with van der Waals surface area (Å²) in [4.78, 5) is 12.1. The van der Waals surface area contributed by atoms with E-state index in [0.29, 0.717) is 11.6 Å². The first-order valence-corrected chi connectivity index (χ1v) is 10.3. The van der Waals surface area contributed by atoms with Crippen molar-refractivity contribution in [1.82, 2.24) is 10.0 Å². The minimum atomic E-state index is -3.43. The summed E-state index contributed by atoms with van der Waals surface area (Å²) in [5, 5.41) is 12.9. The monoisotopic (exact) mass is 402 g/mol. The second-order valence-electron chi connectivity index (χ2n) is 5.93. The highest BCUT2D eigenvalue weighted by Gasteiger charge is 2.30. The van der Waals surface area contributed by atoms with E-state index in [1.807, 2.05) is 12.1 Å². The number of hydrogen-bond donors (Lipinski definition) is 3. The Labute approximate surface area is 158 Å². The molecule has 3 atom stereocenters. The van der Waals surface area contributed by atoms with Crippen LogP contribution in [0, 0.1) is 0 Å². The van der Waals surface area contributed by atoms with Gasteiger partial charge in [0.1, 0.15) is 6.10 Å². The van der Waals surface area contributed by atoms with Crippen LogP contribution in [0.25, 0.3) is 0 Å². The van der Waals surface area contributed by atoms with E-state index in [4.69, 9.17) is 16.3 Å². The molecule has 0 unspecified atom stereocenters. The summed E-state index contributed by atoms with van der Waals surface area (Å²) in [6, 6.07) is 6.49. The molecule has 0 fully saturated rings. The first-order chi connectivity index (χ1) is 12.3. The van der Waals surface area contributed by atoms with Gasteiger partial charge in [-0.25, -0.2) is 13.1 Å². The number of hydrogen-bond acceptors (Lipinski definition) is 5. The van der Waals surface area contributed by atoms with Crippen LogP contribution < -0.4 is 10.0 Å². The number of aliphatic hydroxyl groups is 1. The molecule has 0 aliphatic carbocycles. The van der Waals surface area contributed by atoms with Crippen LogP contribution in [0.4, 0.5) is 0 Å². The predicted molar refractivity (Wildman–Crippen MR) is 99.2 cm³/mol. The molecule has 144 valence electrons. The number of aliphatic hydroxyl groups excluding tert-OH is 1. The lowest BCUT2D eigenvalue weighted by molar-refractivity contribution is -0.125. The second kappa shape index (κ2) is 9.48. The molecule has 2 rings (SSSR count). The maximum absolute atomic E-state index is 12.1. The van der Waals surface area contributed by atoms with E-state index in [2.05, 4.69) is 10.0 Å². The fourth-order valence-electron chi connectivity index (χ4n) is 2.46. The van der Waals surface area contributed by atoms with Crippen LogP contribution in [0.3, 0.4) is 0 Å². The van der Waals surface area contributed by atoms with Gasteiger partial charge < -0.3 is 15.2 Å². The van der Waals surface area contributed by atoms with Crippen LogP contribution >= 0.6 is 11.6 Å². The first-order valence-electron chi connectivity index (χ1n) is 8.28. The lowest BCUT2D eigenvalue weighted by atomic mass is 10.1. The minimum Gasteiger partial charge on any atom is -0.394 e. The highest BCUT2D eigenvalue weighted by atomic mass is 35.5. The smallest absolute Gasteiger partial charge is 0.223 e. The normalized spacial score (nSPS) is 23.0. The molecule has 0 saturated heterocycles. The maximum atomic E-state index is 12.1. The Kier molecular flexibility index (Phi) is 7.60. The van der Waals surface area contributed by atoms with Gasteiger partial charge in [-0.1, -0.05) is 35.9 Å². The molecule has 1 aromatic rings. The summed E-state index contributed by atoms with van der Waals surface area (Å²) < 4.78 is 31.4. The predicted octanol–water partition coefficient (Wildman–Crippen LogP) is 0.970. The molecule has 1 aromatic carbocycles. The molecule has 0 spiro atoms. The number of benzene rings is 1.